The number of aromatic nitrogens is 2. The van der Waals surface area contributed by atoms with E-state index in [0.717, 1.165) is 0 Å². The van der Waals surface area contributed by atoms with Crippen LogP contribution in [0, 0.1) is 13.8 Å². The van der Waals surface area contributed by atoms with Gasteiger partial charge in [-0.25, -0.2) is 13.1 Å². The third kappa shape index (κ3) is 4.58. The fourth-order valence-corrected chi connectivity index (χ4v) is 3.02. The molecule has 1 aromatic rings. The zero-order valence-electron chi connectivity index (χ0n) is 11.8. The van der Waals surface area contributed by atoms with E-state index in [2.05, 4.69) is 20.2 Å². The van der Waals surface area contributed by atoms with Gasteiger partial charge in [-0.05, 0) is 20.3 Å². The smallest absolute Gasteiger partial charge is 0.244 e. The third-order valence-corrected chi connectivity index (χ3v) is 4.26. The van der Waals surface area contributed by atoms with Crippen molar-refractivity contribution in [1.29, 1.82) is 0 Å². The SMILES string of the molecule is COCCCNC(=O)CNS(=O)(=O)c1c(C)n[nH]c1C. The highest BCUT2D eigenvalue weighted by molar-refractivity contribution is 7.89. The lowest BCUT2D eigenvalue weighted by Crippen LogP contribution is -2.37. The molecular weight excluding hydrogens is 284 g/mol. The Balaban J connectivity index is 2.50. The number of carbonyl (C=O) groups excluding carboxylic acids is 1. The predicted molar refractivity (Wildman–Crippen MR) is 72.8 cm³/mol. The molecule has 0 radical (unpaired) electrons. The molecule has 0 saturated heterocycles. The Morgan fingerprint density at radius 2 is 2.10 bits per heavy atom. The molecule has 1 amide bonds. The van der Waals surface area contributed by atoms with Crippen LogP contribution in [0.1, 0.15) is 17.8 Å². The number of H-pyrrole nitrogens is 1. The van der Waals surface area contributed by atoms with Gasteiger partial charge in [0.25, 0.3) is 0 Å². The highest BCUT2D eigenvalue weighted by atomic mass is 32.2. The van der Waals surface area contributed by atoms with E-state index in [9.17, 15) is 13.2 Å². The van der Waals surface area contributed by atoms with Crippen molar-refractivity contribution in [3.8, 4) is 0 Å². The molecule has 1 heterocycles. The Morgan fingerprint density at radius 3 is 2.65 bits per heavy atom. The van der Waals surface area contributed by atoms with Gasteiger partial charge < -0.3 is 10.1 Å². The number of hydrogen-bond acceptors (Lipinski definition) is 5. The summed E-state index contributed by atoms with van der Waals surface area (Å²) in [7, 11) is -2.16. The molecule has 8 nitrogen and oxygen atoms in total. The molecule has 0 aromatic carbocycles. The molecule has 0 spiro atoms. The molecule has 0 atom stereocenters. The zero-order valence-corrected chi connectivity index (χ0v) is 12.6. The van der Waals surface area contributed by atoms with Crippen LogP contribution in [0.15, 0.2) is 4.90 Å². The van der Waals surface area contributed by atoms with Gasteiger partial charge in [-0.2, -0.15) is 5.10 Å². The Bertz CT molecular complexity index is 533. The lowest BCUT2D eigenvalue weighted by Gasteiger charge is -2.07. The number of ether oxygens (including phenoxy) is 1. The second kappa shape index (κ2) is 7.36. The first-order chi connectivity index (χ1) is 9.38. The van der Waals surface area contributed by atoms with Crippen molar-refractivity contribution >= 4 is 15.9 Å². The number of amides is 1. The highest BCUT2D eigenvalue weighted by Gasteiger charge is 2.22. The number of aromatic amines is 1. The molecule has 1 aromatic heterocycles. The van der Waals surface area contributed by atoms with Gasteiger partial charge in [-0.3, -0.25) is 9.89 Å². The topological polar surface area (TPSA) is 113 Å². The number of rotatable bonds is 8. The summed E-state index contributed by atoms with van der Waals surface area (Å²) in [5.74, 6) is -0.386. The second-order valence-electron chi connectivity index (χ2n) is 4.28. The van der Waals surface area contributed by atoms with Crippen molar-refractivity contribution in [2.24, 2.45) is 0 Å². The minimum atomic E-state index is -3.74. The molecule has 0 fully saturated rings. The van der Waals surface area contributed by atoms with Crippen molar-refractivity contribution in [3.63, 3.8) is 0 Å². The molecule has 1 rings (SSSR count). The predicted octanol–water partition coefficient (Wildman–Crippen LogP) is -0.542. The normalized spacial score (nSPS) is 11.6. The van der Waals surface area contributed by atoms with Crippen molar-refractivity contribution in [2.45, 2.75) is 25.2 Å². The first kappa shape index (κ1) is 16.6. The van der Waals surface area contributed by atoms with Crippen LogP contribution in [0.4, 0.5) is 0 Å². The van der Waals surface area contributed by atoms with Gasteiger partial charge >= 0.3 is 0 Å². The molecule has 9 heteroatoms. The van der Waals surface area contributed by atoms with Gasteiger partial charge in [0.1, 0.15) is 4.90 Å². The summed E-state index contributed by atoms with van der Waals surface area (Å²) in [5.41, 5.74) is 0.811. The van der Waals surface area contributed by atoms with Crippen LogP contribution in [0.2, 0.25) is 0 Å². The van der Waals surface area contributed by atoms with Crippen molar-refractivity contribution < 1.29 is 17.9 Å². The van der Waals surface area contributed by atoms with Crippen LogP contribution in [0.5, 0.6) is 0 Å². The minimum Gasteiger partial charge on any atom is -0.385 e. The number of hydrogen-bond donors (Lipinski definition) is 3. The van der Waals surface area contributed by atoms with Crippen LogP contribution < -0.4 is 10.0 Å². The number of nitrogens with zero attached hydrogens (tertiary/aromatic N) is 1. The summed E-state index contributed by atoms with van der Waals surface area (Å²) in [6.07, 6.45) is 0.676. The van der Waals surface area contributed by atoms with E-state index >= 15 is 0 Å². The largest absolute Gasteiger partial charge is 0.385 e. The quantitative estimate of drug-likeness (QED) is 0.558. The van der Waals surface area contributed by atoms with Crippen molar-refractivity contribution in [1.82, 2.24) is 20.2 Å². The first-order valence-corrected chi connectivity index (χ1v) is 7.63. The van der Waals surface area contributed by atoms with Gasteiger partial charge in [0, 0.05) is 20.3 Å². The van der Waals surface area contributed by atoms with Gasteiger partial charge in [-0.15, -0.1) is 0 Å². The van der Waals surface area contributed by atoms with Crippen molar-refractivity contribution in [3.05, 3.63) is 11.4 Å². The van der Waals surface area contributed by atoms with E-state index < -0.39 is 10.0 Å². The first-order valence-electron chi connectivity index (χ1n) is 6.15. The van der Waals surface area contributed by atoms with E-state index in [1.54, 1.807) is 21.0 Å². The lowest BCUT2D eigenvalue weighted by molar-refractivity contribution is -0.120. The average Bonchev–Trinajstić information content (AvgIpc) is 2.72. The maximum Gasteiger partial charge on any atom is 0.244 e. The maximum absolute atomic E-state index is 12.0. The Hall–Kier alpha value is -1.45. The zero-order chi connectivity index (χ0) is 15.2. The molecule has 0 saturated carbocycles. The Morgan fingerprint density at radius 1 is 1.40 bits per heavy atom. The lowest BCUT2D eigenvalue weighted by atomic mass is 10.4. The van der Waals surface area contributed by atoms with Crippen LogP contribution in [0.3, 0.4) is 0 Å². The molecule has 0 aliphatic rings. The summed E-state index contributed by atoms with van der Waals surface area (Å²) in [6, 6.07) is 0. The van der Waals surface area contributed by atoms with Crippen LogP contribution in [0.25, 0.3) is 0 Å². The molecule has 3 N–H and O–H groups in total. The minimum absolute atomic E-state index is 0.0877. The molecule has 0 aliphatic heterocycles. The van der Waals surface area contributed by atoms with E-state index in [4.69, 9.17) is 4.74 Å². The standard InChI is InChI=1S/C11H20N4O4S/c1-8-11(9(2)15-14-8)20(17,18)13-7-10(16)12-5-4-6-19-3/h13H,4-7H2,1-3H3,(H,12,16)(H,14,15). The molecular formula is C11H20N4O4S. The number of nitrogens with one attached hydrogen (secondary N) is 3. The molecule has 20 heavy (non-hydrogen) atoms. The maximum atomic E-state index is 12.0. The van der Waals surface area contributed by atoms with Gasteiger partial charge in [0.15, 0.2) is 0 Å². The van der Waals surface area contributed by atoms with E-state index in [1.807, 2.05) is 0 Å². The molecule has 0 bridgehead atoms. The number of methoxy groups -OCH3 is 1. The fourth-order valence-electron chi connectivity index (χ4n) is 1.68. The number of sulfonamides is 1. The third-order valence-electron chi connectivity index (χ3n) is 2.60. The van der Waals surface area contributed by atoms with Gasteiger partial charge in [0.2, 0.25) is 15.9 Å². The van der Waals surface area contributed by atoms with E-state index in [-0.39, 0.29) is 17.3 Å². The number of carbonyl (C=O) groups is 1. The summed E-state index contributed by atoms with van der Waals surface area (Å²) < 4.78 is 31.2. The Labute approximate surface area is 118 Å². The van der Waals surface area contributed by atoms with E-state index in [1.165, 1.54) is 0 Å². The van der Waals surface area contributed by atoms with Crippen LogP contribution >= 0.6 is 0 Å². The number of aryl methyl sites for hydroxylation is 2. The van der Waals surface area contributed by atoms with Crippen molar-refractivity contribution in [2.75, 3.05) is 26.8 Å². The van der Waals surface area contributed by atoms with Crippen LogP contribution in [-0.2, 0) is 19.6 Å². The highest BCUT2D eigenvalue weighted by Crippen LogP contribution is 2.15. The van der Waals surface area contributed by atoms with Gasteiger partial charge in [0.05, 0.1) is 17.9 Å². The molecule has 114 valence electrons. The monoisotopic (exact) mass is 304 g/mol. The van der Waals surface area contributed by atoms with Gasteiger partial charge in [-0.1, -0.05) is 0 Å². The second-order valence-corrected chi connectivity index (χ2v) is 5.99. The summed E-state index contributed by atoms with van der Waals surface area (Å²) in [6.45, 7) is 3.87. The fraction of sp³-hybridized carbons (Fsp3) is 0.636. The summed E-state index contributed by atoms with van der Waals surface area (Å²) in [5, 5.41) is 9.01. The van der Waals surface area contributed by atoms with Crippen LogP contribution in [-0.4, -0.2) is 51.3 Å². The van der Waals surface area contributed by atoms with E-state index in [0.29, 0.717) is 31.0 Å². The average molecular weight is 304 g/mol. The molecule has 0 aliphatic carbocycles. The summed E-state index contributed by atoms with van der Waals surface area (Å²) in [4.78, 5) is 11.6. The molecule has 0 unspecified atom stereocenters. The summed E-state index contributed by atoms with van der Waals surface area (Å²) >= 11 is 0. The Kier molecular flexibility index (Phi) is 6.11.